The fraction of sp³-hybridized carbons (Fsp3) is 0.368. The van der Waals surface area contributed by atoms with E-state index in [1.807, 2.05) is 0 Å². The number of benzene rings is 1. The summed E-state index contributed by atoms with van der Waals surface area (Å²) in [5.41, 5.74) is -2.52. The average Bonchev–Trinajstić information content (AvgIpc) is 3.17. The zero-order valence-corrected chi connectivity index (χ0v) is 17.4. The summed E-state index contributed by atoms with van der Waals surface area (Å²) in [6.07, 6.45) is -4.92. The number of halogens is 3. The number of urea groups is 1. The van der Waals surface area contributed by atoms with Crippen molar-refractivity contribution >= 4 is 32.8 Å². The van der Waals surface area contributed by atoms with E-state index in [1.54, 1.807) is 0 Å². The number of hydrogen-bond donors (Lipinski definition) is 3. The molecule has 9 nitrogen and oxygen atoms in total. The smallest absolute Gasteiger partial charge is 0.416 e. The van der Waals surface area contributed by atoms with E-state index in [1.165, 1.54) is 30.5 Å². The molecule has 32 heavy (non-hydrogen) atoms. The summed E-state index contributed by atoms with van der Waals surface area (Å²) in [7, 11) is 1.43. The highest BCUT2D eigenvalue weighted by molar-refractivity contribution is 7.22. The summed E-state index contributed by atoms with van der Waals surface area (Å²) in [6, 6.07) is 3.62. The molecule has 1 aliphatic rings. The molecule has 0 spiro atoms. The number of aliphatic hydroxyl groups excluding tert-OH is 1. The third kappa shape index (κ3) is 4.06. The lowest BCUT2D eigenvalue weighted by atomic mass is 9.81. The van der Waals surface area contributed by atoms with Gasteiger partial charge in [0.05, 0.1) is 19.2 Å². The highest BCUT2D eigenvalue weighted by atomic mass is 32.1. The normalized spacial score (nSPS) is 21.6. The first-order valence-electron chi connectivity index (χ1n) is 9.41. The van der Waals surface area contributed by atoms with Crippen LogP contribution < -0.4 is 10.1 Å². The van der Waals surface area contributed by atoms with Crippen LogP contribution in [0.5, 0.6) is 5.88 Å². The van der Waals surface area contributed by atoms with Crippen molar-refractivity contribution in [2.24, 2.45) is 0 Å². The average molecular weight is 469 g/mol. The standard InChI is InChI=1S/C19H18F3N5O4S/c1-31-14-13-15(24-9-23-14)32-16(25-13)26-17(29)27-6-5-18(30,12(28)8-27)10-3-2-4-11(7-10)19(20,21)22/h2-4,7,9,12,28,30H,5-6,8H2,1H3,(H,25,26,29). The van der Waals surface area contributed by atoms with E-state index in [9.17, 15) is 28.2 Å². The van der Waals surface area contributed by atoms with E-state index in [2.05, 4.69) is 20.3 Å². The minimum atomic E-state index is -4.58. The van der Waals surface area contributed by atoms with E-state index in [4.69, 9.17) is 4.74 Å². The summed E-state index contributed by atoms with van der Waals surface area (Å²) in [5.74, 6) is 0.256. The predicted molar refractivity (Wildman–Crippen MR) is 108 cm³/mol. The number of aliphatic hydroxyl groups is 2. The Labute approximate surface area is 183 Å². The number of thiazole rings is 1. The van der Waals surface area contributed by atoms with Gasteiger partial charge in [0.15, 0.2) is 15.5 Å². The first-order valence-corrected chi connectivity index (χ1v) is 10.2. The topological polar surface area (TPSA) is 121 Å². The Hall–Kier alpha value is -3.03. The minimum absolute atomic E-state index is 0.00363. The number of carbonyl (C=O) groups is 1. The maximum atomic E-state index is 13.0. The Bertz CT molecular complexity index is 1160. The van der Waals surface area contributed by atoms with Crippen molar-refractivity contribution in [1.29, 1.82) is 0 Å². The van der Waals surface area contributed by atoms with Gasteiger partial charge in [0, 0.05) is 13.0 Å². The van der Waals surface area contributed by atoms with Gasteiger partial charge < -0.3 is 19.8 Å². The fourth-order valence-electron chi connectivity index (χ4n) is 3.52. The number of rotatable bonds is 3. The van der Waals surface area contributed by atoms with Crippen LogP contribution in [0.3, 0.4) is 0 Å². The van der Waals surface area contributed by atoms with Gasteiger partial charge in [-0.1, -0.05) is 23.5 Å². The number of methoxy groups -OCH3 is 1. The quantitative estimate of drug-likeness (QED) is 0.539. The molecule has 0 saturated carbocycles. The molecule has 1 fully saturated rings. The van der Waals surface area contributed by atoms with E-state index < -0.39 is 29.5 Å². The van der Waals surface area contributed by atoms with Gasteiger partial charge >= 0.3 is 12.2 Å². The molecule has 2 amide bonds. The lowest BCUT2D eigenvalue weighted by molar-refractivity contribution is -0.138. The molecule has 2 atom stereocenters. The molecule has 2 aromatic heterocycles. The van der Waals surface area contributed by atoms with Crippen LogP contribution in [0, 0.1) is 0 Å². The summed E-state index contributed by atoms with van der Waals surface area (Å²) in [6.45, 7) is -0.281. The Morgan fingerprint density at radius 1 is 1.38 bits per heavy atom. The van der Waals surface area contributed by atoms with Crippen LogP contribution in [0.25, 0.3) is 10.3 Å². The first kappa shape index (κ1) is 22.2. The van der Waals surface area contributed by atoms with Gasteiger partial charge in [0.25, 0.3) is 0 Å². The zero-order chi connectivity index (χ0) is 23.1. The van der Waals surface area contributed by atoms with Crippen LogP contribution in [0.4, 0.5) is 23.1 Å². The summed E-state index contributed by atoms with van der Waals surface area (Å²) in [5, 5.41) is 24.3. The molecule has 4 rings (SSSR count). The number of anilines is 1. The van der Waals surface area contributed by atoms with Gasteiger partial charge in [-0.25, -0.2) is 14.8 Å². The number of piperidine rings is 1. The molecule has 0 bridgehead atoms. The number of fused-ring (bicyclic) bond motifs is 1. The SMILES string of the molecule is COc1ncnc2sc(NC(=O)N3CCC(O)(c4cccc(C(F)(F)F)c4)C(O)C3)nc12. The molecule has 0 radical (unpaired) electrons. The second-order valence-corrected chi connectivity index (χ2v) is 8.18. The monoisotopic (exact) mass is 469 g/mol. The van der Waals surface area contributed by atoms with E-state index in [-0.39, 0.29) is 36.1 Å². The molecule has 3 heterocycles. The number of alkyl halides is 3. The maximum Gasteiger partial charge on any atom is 0.416 e. The lowest BCUT2D eigenvalue weighted by Gasteiger charge is -2.42. The molecule has 13 heteroatoms. The molecular weight excluding hydrogens is 451 g/mol. The Morgan fingerprint density at radius 3 is 2.84 bits per heavy atom. The molecule has 1 aliphatic heterocycles. The van der Waals surface area contributed by atoms with Gasteiger partial charge in [0.2, 0.25) is 5.88 Å². The Kier molecular flexibility index (Phi) is 5.65. The number of likely N-dealkylation sites (tertiary alicyclic amines) is 1. The fourth-order valence-corrected chi connectivity index (χ4v) is 4.30. The molecule has 3 aromatic rings. The van der Waals surface area contributed by atoms with Crippen LogP contribution in [-0.4, -0.2) is 62.4 Å². The summed E-state index contributed by atoms with van der Waals surface area (Å²) < 4.78 is 44.2. The van der Waals surface area contributed by atoms with Crippen LogP contribution in [0.15, 0.2) is 30.6 Å². The number of β-amino-alcohol motifs (C(OH)–C–C–N with tert-alkyl or cyclic N) is 1. The van der Waals surface area contributed by atoms with Crippen LogP contribution in [0.2, 0.25) is 0 Å². The van der Waals surface area contributed by atoms with Gasteiger partial charge in [-0.2, -0.15) is 18.2 Å². The van der Waals surface area contributed by atoms with Crippen molar-refractivity contribution in [2.75, 3.05) is 25.5 Å². The Balaban J connectivity index is 1.48. The van der Waals surface area contributed by atoms with Crippen molar-refractivity contribution in [1.82, 2.24) is 19.9 Å². The van der Waals surface area contributed by atoms with Crippen LogP contribution >= 0.6 is 11.3 Å². The Morgan fingerprint density at radius 2 is 2.16 bits per heavy atom. The highest BCUT2D eigenvalue weighted by Gasteiger charge is 2.44. The van der Waals surface area contributed by atoms with Crippen LogP contribution in [-0.2, 0) is 11.8 Å². The number of carbonyl (C=O) groups excluding carboxylic acids is 1. The lowest BCUT2D eigenvalue weighted by Crippen LogP contribution is -2.55. The van der Waals surface area contributed by atoms with Gasteiger partial charge in [-0.15, -0.1) is 0 Å². The van der Waals surface area contributed by atoms with Gasteiger partial charge in [-0.3, -0.25) is 5.32 Å². The number of aromatic nitrogens is 3. The third-order valence-corrected chi connectivity index (χ3v) is 6.13. The summed E-state index contributed by atoms with van der Waals surface area (Å²) in [4.78, 5) is 26.7. The second-order valence-electron chi connectivity index (χ2n) is 7.20. The predicted octanol–water partition coefficient (Wildman–Crippen LogP) is 2.60. The molecule has 3 N–H and O–H groups in total. The van der Waals surface area contributed by atoms with Crippen molar-refractivity contribution in [3.05, 3.63) is 41.7 Å². The number of hydrogen-bond acceptors (Lipinski definition) is 8. The molecule has 170 valence electrons. The molecule has 0 aliphatic carbocycles. The number of ether oxygens (including phenoxy) is 1. The largest absolute Gasteiger partial charge is 0.479 e. The third-order valence-electron chi connectivity index (χ3n) is 5.25. The molecule has 2 unspecified atom stereocenters. The van der Waals surface area contributed by atoms with Crippen molar-refractivity contribution in [3.63, 3.8) is 0 Å². The zero-order valence-electron chi connectivity index (χ0n) is 16.6. The first-order chi connectivity index (χ1) is 15.1. The number of nitrogens with one attached hydrogen (secondary N) is 1. The minimum Gasteiger partial charge on any atom is -0.479 e. The number of amides is 2. The molecule has 1 saturated heterocycles. The van der Waals surface area contributed by atoms with Crippen molar-refractivity contribution in [3.8, 4) is 5.88 Å². The van der Waals surface area contributed by atoms with Crippen molar-refractivity contribution < 1.29 is 32.9 Å². The molecule has 1 aromatic carbocycles. The van der Waals surface area contributed by atoms with E-state index in [0.29, 0.717) is 10.3 Å². The molecular formula is C19H18F3N5O4S. The number of nitrogens with zero attached hydrogens (tertiary/aromatic N) is 4. The summed E-state index contributed by atoms with van der Waals surface area (Å²) >= 11 is 1.10. The van der Waals surface area contributed by atoms with E-state index in [0.717, 1.165) is 23.5 Å². The maximum absolute atomic E-state index is 13.0. The second kappa shape index (κ2) is 8.15. The van der Waals surface area contributed by atoms with Gasteiger partial charge in [-0.05, 0) is 17.7 Å². The van der Waals surface area contributed by atoms with E-state index >= 15 is 0 Å². The van der Waals surface area contributed by atoms with Crippen LogP contribution in [0.1, 0.15) is 17.5 Å². The highest BCUT2D eigenvalue weighted by Crippen LogP contribution is 2.37. The van der Waals surface area contributed by atoms with Crippen molar-refractivity contribution in [2.45, 2.75) is 24.3 Å². The van der Waals surface area contributed by atoms with Gasteiger partial charge in [0.1, 0.15) is 18.0 Å².